The van der Waals surface area contributed by atoms with Gasteiger partial charge in [0.25, 0.3) is 0 Å². The fourth-order valence-electron chi connectivity index (χ4n) is 4.50. The summed E-state index contributed by atoms with van der Waals surface area (Å²) in [6.07, 6.45) is 4.47. The summed E-state index contributed by atoms with van der Waals surface area (Å²) in [6, 6.07) is 0. The van der Waals surface area contributed by atoms with Crippen LogP contribution in [0.2, 0.25) is 0 Å². The highest BCUT2D eigenvalue weighted by Crippen LogP contribution is 2.66. The van der Waals surface area contributed by atoms with E-state index in [2.05, 4.69) is 34.6 Å². The summed E-state index contributed by atoms with van der Waals surface area (Å²) in [4.78, 5) is 0. The predicted molar refractivity (Wildman–Crippen MR) is 62.1 cm³/mol. The number of hydrogen-bond acceptors (Lipinski definition) is 0. The van der Waals surface area contributed by atoms with E-state index >= 15 is 0 Å². The zero-order valence-corrected chi connectivity index (χ0v) is 10.5. The third kappa shape index (κ3) is 1.33. The van der Waals surface area contributed by atoms with Crippen LogP contribution in [-0.2, 0) is 0 Å². The van der Waals surface area contributed by atoms with Gasteiger partial charge in [0, 0.05) is 0 Å². The topological polar surface area (TPSA) is 0 Å². The molecule has 3 saturated carbocycles. The first-order chi connectivity index (χ1) is 6.45. The summed E-state index contributed by atoms with van der Waals surface area (Å²) in [6.45, 7) is 12.3. The van der Waals surface area contributed by atoms with E-state index in [0.717, 1.165) is 29.6 Å². The van der Waals surface area contributed by atoms with Crippen molar-refractivity contribution in [3.05, 3.63) is 0 Å². The molecule has 0 amide bonds. The van der Waals surface area contributed by atoms with Crippen LogP contribution in [0.3, 0.4) is 0 Å². The van der Waals surface area contributed by atoms with Crippen molar-refractivity contribution in [1.82, 2.24) is 0 Å². The average Bonchev–Trinajstić information content (AvgIpc) is 2.08. The van der Waals surface area contributed by atoms with Crippen LogP contribution in [0, 0.1) is 35.0 Å². The van der Waals surface area contributed by atoms with Crippen molar-refractivity contribution in [2.24, 2.45) is 35.0 Å². The molecule has 0 aromatic carbocycles. The standard InChI is InChI=1S/C14H26/c1-9(2)6-13-12-7-10(3)8-14(13,5)11(12)4/h9-13H,6-8H2,1-5H3. The minimum Gasteiger partial charge on any atom is -0.0628 e. The zero-order chi connectivity index (χ0) is 10.5. The monoisotopic (exact) mass is 194 g/mol. The van der Waals surface area contributed by atoms with Gasteiger partial charge in [-0.15, -0.1) is 0 Å². The molecule has 0 saturated heterocycles. The van der Waals surface area contributed by atoms with Crippen molar-refractivity contribution < 1.29 is 0 Å². The molecule has 14 heavy (non-hydrogen) atoms. The minimum atomic E-state index is 0.701. The van der Waals surface area contributed by atoms with Crippen molar-refractivity contribution in [2.45, 2.75) is 53.9 Å². The Morgan fingerprint density at radius 1 is 1.29 bits per heavy atom. The molecule has 0 heterocycles. The maximum absolute atomic E-state index is 2.55. The zero-order valence-electron chi connectivity index (χ0n) is 10.5. The normalized spacial score (nSPS) is 51.9. The highest BCUT2D eigenvalue weighted by Gasteiger charge is 2.59. The number of fused-ring (bicyclic) bond motifs is 2. The first kappa shape index (κ1) is 10.5. The van der Waals surface area contributed by atoms with E-state index in [0.29, 0.717) is 5.41 Å². The van der Waals surface area contributed by atoms with E-state index in [1.165, 1.54) is 19.3 Å². The van der Waals surface area contributed by atoms with Gasteiger partial charge in [-0.05, 0) is 54.3 Å². The van der Waals surface area contributed by atoms with Crippen LogP contribution in [0.4, 0.5) is 0 Å². The van der Waals surface area contributed by atoms with E-state index in [-0.39, 0.29) is 0 Å². The maximum atomic E-state index is 2.55. The molecule has 3 rings (SSSR count). The van der Waals surface area contributed by atoms with Crippen LogP contribution in [0.15, 0.2) is 0 Å². The number of rotatable bonds is 2. The average molecular weight is 194 g/mol. The Kier molecular flexibility index (Phi) is 2.44. The van der Waals surface area contributed by atoms with Crippen molar-refractivity contribution >= 4 is 0 Å². The van der Waals surface area contributed by atoms with Gasteiger partial charge in [-0.2, -0.15) is 0 Å². The first-order valence-electron chi connectivity index (χ1n) is 6.45. The first-order valence-corrected chi connectivity index (χ1v) is 6.45. The molecule has 0 N–H and O–H groups in total. The van der Waals surface area contributed by atoms with E-state index < -0.39 is 0 Å². The third-order valence-corrected chi connectivity index (χ3v) is 5.23. The molecule has 0 radical (unpaired) electrons. The van der Waals surface area contributed by atoms with Crippen molar-refractivity contribution in [3.8, 4) is 0 Å². The van der Waals surface area contributed by atoms with Crippen LogP contribution in [0.5, 0.6) is 0 Å². The smallest absolute Gasteiger partial charge is 0.0264 e. The molecule has 2 bridgehead atoms. The molecule has 0 nitrogen and oxygen atoms in total. The second-order valence-electron chi connectivity index (χ2n) is 6.74. The van der Waals surface area contributed by atoms with Crippen molar-refractivity contribution in [2.75, 3.05) is 0 Å². The Hall–Kier alpha value is 0. The van der Waals surface area contributed by atoms with Crippen molar-refractivity contribution in [1.29, 1.82) is 0 Å². The summed E-state index contributed by atoms with van der Waals surface area (Å²) in [7, 11) is 0. The van der Waals surface area contributed by atoms with E-state index in [1.807, 2.05) is 0 Å². The summed E-state index contributed by atoms with van der Waals surface area (Å²) in [5, 5.41) is 0. The Labute approximate surface area is 89.5 Å². The molecule has 0 spiro atoms. The van der Waals surface area contributed by atoms with Crippen LogP contribution in [-0.4, -0.2) is 0 Å². The van der Waals surface area contributed by atoms with Crippen LogP contribution >= 0.6 is 0 Å². The molecule has 0 aromatic heterocycles. The molecular weight excluding hydrogens is 168 g/mol. The van der Waals surface area contributed by atoms with Gasteiger partial charge in [-0.1, -0.05) is 34.6 Å². The van der Waals surface area contributed by atoms with E-state index in [9.17, 15) is 0 Å². The third-order valence-electron chi connectivity index (χ3n) is 5.23. The van der Waals surface area contributed by atoms with Crippen LogP contribution < -0.4 is 0 Å². The lowest BCUT2D eigenvalue weighted by molar-refractivity contribution is -0.168. The second-order valence-corrected chi connectivity index (χ2v) is 6.74. The molecule has 3 fully saturated rings. The van der Waals surface area contributed by atoms with Gasteiger partial charge in [0.2, 0.25) is 0 Å². The minimum absolute atomic E-state index is 0.701. The molecule has 5 atom stereocenters. The Morgan fingerprint density at radius 3 is 2.43 bits per heavy atom. The highest BCUT2D eigenvalue weighted by molar-refractivity contribution is 5.08. The van der Waals surface area contributed by atoms with Gasteiger partial charge in [0.05, 0.1) is 0 Å². The summed E-state index contributed by atoms with van der Waals surface area (Å²) in [5.74, 6) is 5.00. The van der Waals surface area contributed by atoms with Gasteiger partial charge in [-0.3, -0.25) is 0 Å². The summed E-state index contributed by atoms with van der Waals surface area (Å²) >= 11 is 0. The van der Waals surface area contributed by atoms with Crippen LogP contribution in [0.25, 0.3) is 0 Å². The van der Waals surface area contributed by atoms with Gasteiger partial charge < -0.3 is 0 Å². The lowest BCUT2D eigenvalue weighted by atomic mass is 9.39. The molecule has 3 aliphatic rings. The van der Waals surface area contributed by atoms with Gasteiger partial charge in [0.1, 0.15) is 0 Å². The van der Waals surface area contributed by atoms with E-state index in [1.54, 1.807) is 0 Å². The molecule has 5 unspecified atom stereocenters. The lowest BCUT2D eigenvalue weighted by Gasteiger charge is -2.65. The van der Waals surface area contributed by atoms with Crippen LogP contribution in [0.1, 0.15) is 53.9 Å². The van der Waals surface area contributed by atoms with E-state index in [4.69, 9.17) is 0 Å². The molecule has 3 aliphatic carbocycles. The number of hydrogen-bond donors (Lipinski definition) is 0. The van der Waals surface area contributed by atoms with Gasteiger partial charge in [-0.25, -0.2) is 0 Å². The van der Waals surface area contributed by atoms with Gasteiger partial charge >= 0.3 is 0 Å². The molecule has 0 aromatic rings. The lowest BCUT2D eigenvalue weighted by Crippen LogP contribution is -2.58. The molecule has 0 heteroatoms. The Balaban J connectivity index is 2.08. The Morgan fingerprint density at radius 2 is 1.93 bits per heavy atom. The largest absolute Gasteiger partial charge is 0.0628 e. The quantitative estimate of drug-likeness (QED) is 0.613. The summed E-state index contributed by atoms with van der Waals surface area (Å²) in [5.41, 5.74) is 0.701. The molecule has 82 valence electrons. The highest BCUT2D eigenvalue weighted by atomic mass is 14.6. The predicted octanol–water partition coefficient (Wildman–Crippen LogP) is 4.35. The molecule has 0 aliphatic heterocycles. The second kappa shape index (κ2) is 3.25. The SMILES string of the molecule is CC(C)CC1C2CC(C)CC1(C)C2C. The summed E-state index contributed by atoms with van der Waals surface area (Å²) < 4.78 is 0. The fourth-order valence-corrected chi connectivity index (χ4v) is 4.50. The molecular formula is C14H26. The Bertz CT molecular complexity index is 218. The fraction of sp³-hybridized carbons (Fsp3) is 1.00. The van der Waals surface area contributed by atoms with Gasteiger partial charge in [0.15, 0.2) is 0 Å². The van der Waals surface area contributed by atoms with Crippen molar-refractivity contribution in [3.63, 3.8) is 0 Å². The maximum Gasteiger partial charge on any atom is -0.0264 e.